The van der Waals surface area contributed by atoms with E-state index in [1.54, 1.807) is 10.9 Å². The summed E-state index contributed by atoms with van der Waals surface area (Å²) in [6.07, 6.45) is 3.58. The maximum Gasteiger partial charge on any atom is 0.255 e. The molecule has 1 N–H and O–H groups in total. The van der Waals surface area contributed by atoms with Gasteiger partial charge in [0.05, 0.1) is 5.69 Å². The van der Waals surface area contributed by atoms with Crippen molar-refractivity contribution >= 4 is 11.6 Å². The van der Waals surface area contributed by atoms with E-state index < -0.39 is 0 Å². The first-order chi connectivity index (χ1) is 10.2. The summed E-state index contributed by atoms with van der Waals surface area (Å²) in [6.45, 7) is 1.93. The van der Waals surface area contributed by atoms with Crippen LogP contribution in [0.3, 0.4) is 0 Å². The second-order valence-electron chi connectivity index (χ2n) is 4.77. The maximum absolute atomic E-state index is 12.3. The lowest BCUT2D eigenvalue weighted by molar-refractivity contribution is 0.102. The fourth-order valence-corrected chi connectivity index (χ4v) is 2.17. The van der Waals surface area contributed by atoms with Crippen molar-refractivity contribution in [2.45, 2.75) is 6.92 Å². The number of amides is 1. The van der Waals surface area contributed by atoms with E-state index in [9.17, 15) is 4.79 Å². The van der Waals surface area contributed by atoms with Crippen LogP contribution in [0.25, 0.3) is 5.69 Å². The lowest BCUT2D eigenvalue weighted by Gasteiger charge is -2.09. The Balaban J connectivity index is 1.84. The Labute approximate surface area is 123 Å². The van der Waals surface area contributed by atoms with Gasteiger partial charge in [0.15, 0.2) is 0 Å². The zero-order valence-corrected chi connectivity index (χ0v) is 11.7. The normalized spacial score (nSPS) is 10.3. The van der Waals surface area contributed by atoms with Crippen molar-refractivity contribution in [3.05, 3.63) is 78.1 Å². The molecule has 4 heteroatoms. The summed E-state index contributed by atoms with van der Waals surface area (Å²) in [5.41, 5.74) is 3.29. The average Bonchev–Trinajstić information content (AvgIpc) is 3.02. The van der Waals surface area contributed by atoms with Crippen molar-refractivity contribution < 1.29 is 4.79 Å². The lowest BCUT2D eigenvalue weighted by atomic mass is 10.1. The van der Waals surface area contributed by atoms with Crippen molar-refractivity contribution in [2.75, 3.05) is 5.32 Å². The third kappa shape index (κ3) is 2.84. The zero-order valence-electron chi connectivity index (χ0n) is 11.7. The minimum absolute atomic E-state index is 0.106. The second kappa shape index (κ2) is 5.63. The number of aromatic nitrogens is 2. The van der Waals surface area contributed by atoms with Gasteiger partial charge >= 0.3 is 0 Å². The molecular formula is C17H15N3O. The van der Waals surface area contributed by atoms with Crippen LogP contribution in [-0.4, -0.2) is 15.7 Å². The summed E-state index contributed by atoms with van der Waals surface area (Å²) in [4.78, 5) is 12.3. The standard InChI is InChI=1S/C17H15N3O/c1-13-6-2-3-9-16(13)17(21)19-14-7-4-8-15(12-14)20-11-5-10-18-20/h2-12H,1H3,(H,19,21). The fraction of sp³-hybridized carbons (Fsp3) is 0.0588. The van der Waals surface area contributed by atoms with Gasteiger partial charge in [-0.05, 0) is 42.8 Å². The van der Waals surface area contributed by atoms with Gasteiger partial charge in [-0.2, -0.15) is 5.10 Å². The zero-order chi connectivity index (χ0) is 14.7. The van der Waals surface area contributed by atoms with Gasteiger partial charge in [-0.25, -0.2) is 4.68 Å². The van der Waals surface area contributed by atoms with Crippen LogP contribution in [0.1, 0.15) is 15.9 Å². The summed E-state index contributed by atoms with van der Waals surface area (Å²) in [5.74, 6) is -0.106. The minimum atomic E-state index is -0.106. The van der Waals surface area contributed by atoms with Crippen molar-refractivity contribution in [3.63, 3.8) is 0 Å². The number of benzene rings is 2. The van der Waals surface area contributed by atoms with Crippen LogP contribution in [0.2, 0.25) is 0 Å². The molecule has 0 fully saturated rings. The molecule has 104 valence electrons. The average molecular weight is 277 g/mol. The van der Waals surface area contributed by atoms with E-state index in [4.69, 9.17) is 0 Å². The monoisotopic (exact) mass is 277 g/mol. The summed E-state index contributed by atoms with van der Waals surface area (Å²) >= 11 is 0. The number of rotatable bonds is 3. The van der Waals surface area contributed by atoms with Crippen molar-refractivity contribution in [1.82, 2.24) is 9.78 Å². The van der Waals surface area contributed by atoms with Crippen LogP contribution in [0, 0.1) is 6.92 Å². The van der Waals surface area contributed by atoms with E-state index in [1.165, 1.54) is 0 Å². The summed E-state index contributed by atoms with van der Waals surface area (Å²) < 4.78 is 1.75. The molecule has 0 saturated heterocycles. The van der Waals surface area contributed by atoms with Crippen LogP contribution >= 0.6 is 0 Å². The maximum atomic E-state index is 12.3. The number of carbonyl (C=O) groups excluding carboxylic acids is 1. The number of anilines is 1. The third-order valence-corrected chi connectivity index (χ3v) is 3.26. The van der Waals surface area contributed by atoms with E-state index in [0.717, 1.165) is 16.9 Å². The highest BCUT2D eigenvalue weighted by Gasteiger charge is 2.08. The van der Waals surface area contributed by atoms with Crippen molar-refractivity contribution in [2.24, 2.45) is 0 Å². The van der Waals surface area contributed by atoms with Gasteiger partial charge in [0.25, 0.3) is 5.91 Å². The molecule has 0 saturated carbocycles. The van der Waals surface area contributed by atoms with Crippen LogP contribution in [-0.2, 0) is 0 Å². The number of nitrogens with zero attached hydrogens (tertiary/aromatic N) is 2. The van der Waals surface area contributed by atoms with Crippen molar-refractivity contribution in [3.8, 4) is 5.69 Å². The van der Waals surface area contributed by atoms with Crippen LogP contribution in [0.4, 0.5) is 5.69 Å². The minimum Gasteiger partial charge on any atom is -0.322 e. The molecule has 0 aliphatic carbocycles. The van der Waals surface area contributed by atoms with E-state index in [-0.39, 0.29) is 5.91 Å². The Morgan fingerprint density at radius 1 is 1.10 bits per heavy atom. The largest absolute Gasteiger partial charge is 0.322 e. The van der Waals surface area contributed by atoms with Gasteiger partial charge in [0.1, 0.15) is 0 Å². The third-order valence-electron chi connectivity index (χ3n) is 3.26. The summed E-state index contributed by atoms with van der Waals surface area (Å²) in [7, 11) is 0. The predicted octanol–water partition coefficient (Wildman–Crippen LogP) is 3.43. The molecule has 4 nitrogen and oxygen atoms in total. The van der Waals surface area contributed by atoms with Gasteiger partial charge in [0, 0.05) is 23.6 Å². The number of carbonyl (C=O) groups is 1. The molecule has 0 spiro atoms. The van der Waals surface area contributed by atoms with E-state index >= 15 is 0 Å². The molecule has 1 heterocycles. The van der Waals surface area contributed by atoms with Gasteiger partial charge < -0.3 is 5.32 Å². The van der Waals surface area contributed by atoms with Crippen LogP contribution in [0.5, 0.6) is 0 Å². The van der Waals surface area contributed by atoms with Crippen molar-refractivity contribution in [1.29, 1.82) is 0 Å². The van der Waals surface area contributed by atoms with Gasteiger partial charge in [-0.1, -0.05) is 24.3 Å². The molecule has 3 aromatic rings. The first-order valence-electron chi connectivity index (χ1n) is 6.71. The van der Waals surface area contributed by atoms with Gasteiger partial charge in [-0.15, -0.1) is 0 Å². The summed E-state index contributed by atoms with van der Waals surface area (Å²) in [5, 5.41) is 7.10. The fourth-order valence-electron chi connectivity index (χ4n) is 2.17. The lowest BCUT2D eigenvalue weighted by Crippen LogP contribution is -2.13. The first-order valence-corrected chi connectivity index (χ1v) is 6.71. The highest BCUT2D eigenvalue weighted by Crippen LogP contribution is 2.16. The van der Waals surface area contributed by atoms with Gasteiger partial charge in [-0.3, -0.25) is 4.79 Å². The molecule has 0 aliphatic rings. The quantitative estimate of drug-likeness (QED) is 0.797. The number of aryl methyl sites for hydroxylation is 1. The van der Waals surface area contributed by atoms with Gasteiger partial charge in [0.2, 0.25) is 0 Å². The molecule has 1 amide bonds. The molecule has 1 aromatic heterocycles. The Kier molecular flexibility index (Phi) is 3.51. The topological polar surface area (TPSA) is 46.9 Å². The van der Waals surface area contributed by atoms with E-state index in [0.29, 0.717) is 5.56 Å². The molecule has 0 radical (unpaired) electrons. The second-order valence-corrected chi connectivity index (χ2v) is 4.77. The highest BCUT2D eigenvalue weighted by molar-refractivity contribution is 6.05. The number of hydrogen-bond donors (Lipinski definition) is 1. The Hall–Kier alpha value is -2.88. The molecule has 0 bridgehead atoms. The number of hydrogen-bond acceptors (Lipinski definition) is 2. The molecule has 0 aliphatic heterocycles. The molecule has 0 atom stereocenters. The molecule has 0 unspecified atom stereocenters. The van der Waals surface area contributed by atoms with E-state index in [2.05, 4.69) is 10.4 Å². The Bertz CT molecular complexity index is 763. The number of nitrogens with one attached hydrogen (secondary N) is 1. The Morgan fingerprint density at radius 3 is 2.71 bits per heavy atom. The molecule has 3 rings (SSSR count). The Morgan fingerprint density at radius 2 is 1.95 bits per heavy atom. The first kappa shape index (κ1) is 13.1. The smallest absolute Gasteiger partial charge is 0.255 e. The van der Waals surface area contributed by atoms with Crippen LogP contribution < -0.4 is 5.32 Å². The highest BCUT2D eigenvalue weighted by atomic mass is 16.1. The van der Waals surface area contributed by atoms with Crippen LogP contribution in [0.15, 0.2) is 67.0 Å². The molecule has 21 heavy (non-hydrogen) atoms. The SMILES string of the molecule is Cc1ccccc1C(=O)Nc1cccc(-n2cccn2)c1. The molecule has 2 aromatic carbocycles. The van der Waals surface area contributed by atoms with E-state index in [1.807, 2.05) is 67.7 Å². The summed E-state index contributed by atoms with van der Waals surface area (Å²) in [6, 6.07) is 17.0. The molecular weight excluding hydrogens is 262 g/mol. The predicted molar refractivity (Wildman–Crippen MR) is 82.7 cm³/mol.